The summed E-state index contributed by atoms with van der Waals surface area (Å²) < 4.78 is 6.19. The number of esters is 1. The number of aliphatic hydroxyl groups is 1. The second-order valence-corrected chi connectivity index (χ2v) is 22.3. The zero-order valence-electron chi connectivity index (χ0n) is 36.3. The Balaban J connectivity index is 1.14. The van der Waals surface area contributed by atoms with Crippen LogP contribution < -0.4 is 0 Å². The Morgan fingerprint density at radius 1 is 0.929 bits per heavy atom. The molecule has 2 N–H and O–H groups in total. The van der Waals surface area contributed by atoms with E-state index in [1.54, 1.807) is 13.8 Å². The van der Waals surface area contributed by atoms with Gasteiger partial charge in [0, 0.05) is 56.4 Å². The molecule has 0 radical (unpaired) electrons. The lowest BCUT2D eigenvalue weighted by Crippen LogP contribution is -2.66. The molecule has 6 aliphatic carbocycles. The SMILES string of the molecule is CC(C)C1=C2[C@H]3CC[C@@H]4[C@@]5(C)CC[C@H](OC(=O)CC(C)(C)C(=O)O)C(C)(C)[C@@H]5CC[C@@]4(C)[C@]3(C)CCC2(C(O)CN(CCN2CCCC2=O)CC2CC2)CC1=O. The molecule has 1 saturated heterocycles. The van der Waals surface area contributed by atoms with E-state index in [1.807, 2.05) is 4.90 Å². The van der Waals surface area contributed by atoms with Crippen molar-refractivity contribution in [3.63, 3.8) is 0 Å². The Hall–Kier alpha value is -2.26. The van der Waals surface area contributed by atoms with Crippen LogP contribution in [0.25, 0.3) is 0 Å². The van der Waals surface area contributed by atoms with E-state index in [0.29, 0.717) is 43.7 Å². The molecule has 1 aliphatic heterocycles. The standard InChI is InChI=1S/C47H74N2O7/c1-29(2)39-32(50)25-47(35(51)28-48(27-30-12-13-30)23-24-49-22-10-11-37(49)52)21-20-45(8)31(40(39)47)14-15-34-44(7)18-17-36(56-38(53)26-42(3,4)41(54)55)43(5,6)33(44)16-19-46(34,45)9/h29-31,33-36,51H,10-28H2,1-9H3,(H,54,55)/t31-,33+,34-,35?,36+,44+,45-,46-,47?/m1/s1. The number of carboxylic acid groups (broad SMARTS) is 1. The number of nitrogens with zero attached hydrogens (tertiary/aromatic N) is 2. The molecule has 5 saturated carbocycles. The molecular weight excluding hydrogens is 705 g/mol. The fourth-order valence-electron chi connectivity index (χ4n) is 14.5. The van der Waals surface area contributed by atoms with Gasteiger partial charge >= 0.3 is 11.9 Å². The number of allylic oxidation sites excluding steroid dienone is 1. The number of carboxylic acids is 1. The number of amides is 1. The van der Waals surface area contributed by atoms with E-state index in [0.717, 1.165) is 83.0 Å². The smallest absolute Gasteiger partial charge is 0.309 e. The average molecular weight is 779 g/mol. The molecule has 0 bridgehead atoms. The topological polar surface area (TPSA) is 124 Å². The van der Waals surface area contributed by atoms with Gasteiger partial charge in [0.1, 0.15) is 6.10 Å². The molecule has 0 spiro atoms. The fraction of sp³-hybridized carbons (Fsp3) is 0.872. The van der Waals surface area contributed by atoms with Gasteiger partial charge in [0.2, 0.25) is 5.91 Å². The van der Waals surface area contributed by atoms with E-state index in [9.17, 15) is 29.4 Å². The number of aliphatic hydroxyl groups excluding tert-OH is 1. The second-order valence-electron chi connectivity index (χ2n) is 22.3. The molecule has 56 heavy (non-hydrogen) atoms. The largest absolute Gasteiger partial charge is 0.481 e. The molecule has 7 rings (SSSR count). The molecular formula is C47H74N2O7. The van der Waals surface area contributed by atoms with Gasteiger partial charge in [-0.3, -0.25) is 24.1 Å². The molecule has 9 atom stereocenters. The van der Waals surface area contributed by atoms with E-state index in [1.165, 1.54) is 18.4 Å². The van der Waals surface area contributed by atoms with Crippen molar-refractivity contribution < 1.29 is 34.1 Å². The third-order valence-electron chi connectivity index (χ3n) is 18.0. The summed E-state index contributed by atoms with van der Waals surface area (Å²) in [6.45, 7) is 23.6. The summed E-state index contributed by atoms with van der Waals surface area (Å²) >= 11 is 0. The normalized spacial score (nSPS) is 38.7. The average Bonchev–Trinajstić information content (AvgIpc) is 3.73. The van der Waals surface area contributed by atoms with Crippen molar-refractivity contribution in [3.05, 3.63) is 11.1 Å². The lowest BCUT2D eigenvalue weighted by atomic mass is 9.33. The molecule has 7 aliphatic rings. The van der Waals surface area contributed by atoms with Crippen molar-refractivity contribution in [2.75, 3.05) is 32.7 Å². The maximum Gasteiger partial charge on any atom is 0.309 e. The first kappa shape index (κ1) is 41.9. The minimum absolute atomic E-state index is 0.0209. The Bertz CT molecular complexity index is 1630. The van der Waals surface area contributed by atoms with Crippen molar-refractivity contribution in [2.24, 2.45) is 62.1 Å². The van der Waals surface area contributed by atoms with E-state index in [4.69, 9.17) is 4.74 Å². The van der Waals surface area contributed by atoms with Crippen molar-refractivity contribution in [1.29, 1.82) is 0 Å². The van der Waals surface area contributed by atoms with Gasteiger partial charge in [-0.1, -0.05) is 54.0 Å². The van der Waals surface area contributed by atoms with Crippen LogP contribution in [0.5, 0.6) is 0 Å². The predicted octanol–water partition coefficient (Wildman–Crippen LogP) is 8.08. The van der Waals surface area contributed by atoms with E-state index in [2.05, 4.69) is 53.4 Å². The molecule has 0 aromatic carbocycles. The number of aliphatic carboxylic acids is 1. The van der Waals surface area contributed by atoms with Crippen LogP contribution in [0.4, 0.5) is 0 Å². The van der Waals surface area contributed by atoms with Crippen molar-refractivity contribution in [2.45, 2.75) is 164 Å². The number of hydrogen-bond donors (Lipinski definition) is 2. The summed E-state index contributed by atoms with van der Waals surface area (Å²) in [5.74, 6) is 0.958. The van der Waals surface area contributed by atoms with Crippen LogP contribution in [0, 0.1) is 62.1 Å². The molecule has 314 valence electrons. The second kappa shape index (κ2) is 14.5. The summed E-state index contributed by atoms with van der Waals surface area (Å²) in [6.07, 6.45) is 11.3. The number of carbonyl (C=O) groups excluding carboxylic acids is 3. The Morgan fingerprint density at radius 3 is 2.27 bits per heavy atom. The highest BCUT2D eigenvalue weighted by molar-refractivity contribution is 6.00. The van der Waals surface area contributed by atoms with E-state index >= 15 is 0 Å². The maximum absolute atomic E-state index is 14.3. The first-order valence-electron chi connectivity index (χ1n) is 22.5. The van der Waals surface area contributed by atoms with Crippen LogP contribution in [0.2, 0.25) is 0 Å². The number of Topliss-reactive ketones (excluding diaryl/α,β-unsaturated/α-hetero) is 1. The van der Waals surface area contributed by atoms with Gasteiger partial charge in [0.15, 0.2) is 5.78 Å². The molecule has 9 heteroatoms. The first-order chi connectivity index (χ1) is 26.1. The summed E-state index contributed by atoms with van der Waals surface area (Å²) in [5, 5.41) is 22.3. The molecule has 9 nitrogen and oxygen atoms in total. The fourth-order valence-corrected chi connectivity index (χ4v) is 14.5. The third kappa shape index (κ3) is 6.72. The number of ketones is 1. The quantitative estimate of drug-likeness (QED) is 0.180. The van der Waals surface area contributed by atoms with Crippen molar-refractivity contribution in [1.82, 2.24) is 9.80 Å². The van der Waals surface area contributed by atoms with Crippen LogP contribution in [0.1, 0.15) is 152 Å². The Morgan fingerprint density at radius 2 is 1.64 bits per heavy atom. The zero-order valence-corrected chi connectivity index (χ0v) is 36.3. The number of carbonyl (C=O) groups is 4. The first-order valence-corrected chi connectivity index (χ1v) is 22.5. The molecule has 2 unspecified atom stereocenters. The van der Waals surface area contributed by atoms with Gasteiger partial charge in [-0.15, -0.1) is 0 Å². The summed E-state index contributed by atoms with van der Waals surface area (Å²) in [5.41, 5.74) is 0.453. The van der Waals surface area contributed by atoms with Crippen LogP contribution in [0.15, 0.2) is 11.1 Å². The summed E-state index contributed by atoms with van der Waals surface area (Å²) in [4.78, 5) is 56.1. The molecule has 0 aromatic heterocycles. The maximum atomic E-state index is 14.3. The van der Waals surface area contributed by atoms with Gasteiger partial charge in [-0.05, 0) is 136 Å². The lowest BCUT2D eigenvalue weighted by molar-refractivity contribution is -0.235. The van der Waals surface area contributed by atoms with Crippen LogP contribution >= 0.6 is 0 Å². The van der Waals surface area contributed by atoms with Crippen molar-refractivity contribution >= 4 is 23.6 Å². The van der Waals surface area contributed by atoms with Gasteiger partial charge in [-0.25, -0.2) is 0 Å². The summed E-state index contributed by atoms with van der Waals surface area (Å²) in [7, 11) is 0. The highest BCUT2D eigenvalue weighted by atomic mass is 16.5. The predicted molar refractivity (Wildman–Crippen MR) is 216 cm³/mol. The number of likely N-dealkylation sites (tertiary alicyclic amines) is 1. The number of rotatable bonds is 13. The molecule has 1 heterocycles. The number of hydrogen-bond acceptors (Lipinski definition) is 7. The minimum atomic E-state index is -1.17. The van der Waals surface area contributed by atoms with E-state index < -0.39 is 28.9 Å². The third-order valence-corrected chi connectivity index (χ3v) is 18.0. The van der Waals surface area contributed by atoms with Gasteiger partial charge in [0.05, 0.1) is 17.9 Å². The molecule has 1 amide bonds. The van der Waals surface area contributed by atoms with Gasteiger partial charge in [-0.2, -0.15) is 0 Å². The zero-order chi connectivity index (χ0) is 40.8. The van der Waals surface area contributed by atoms with Crippen molar-refractivity contribution in [3.8, 4) is 0 Å². The monoisotopic (exact) mass is 779 g/mol. The Kier molecular flexibility index (Phi) is 10.8. The number of ether oxygens (including phenoxy) is 1. The minimum Gasteiger partial charge on any atom is -0.481 e. The molecule has 6 fully saturated rings. The highest BCUT2D eigenvalue weighted by Crippen LogP contribution is 2.77. The number of fused-ring (bicyclic) bond motifs is 7. The van der Waals surface area contributed by atoms with Gasteiger partial charge < -0.3 is 19.8 Å². The van der Waals surface area contributed by atoms with Crippen LogP contribution in [-0.4, -0.2) is 88.6 Å². The molecule has 0 aromatic rings. The van der Waals surface area contributed by atoms with E-state index in [-0.39, 0.29) is 57.7 Å². The van der Waals surface area contributed by atoms with Gasteiger partial charge in [0.25, 0.3) is 0 Å². The van der Waals surface area contributed by atoms with Crippen LogP contribution in [-0.2, 0) is 23.9 Å². The van der Waals surface area contributed by atoms with Crippen LogP contribution in [0.3, 0.4) is 0 Å². The highest BCUT2D eigenvalue weighted by Gasteiger charge is 2.71. The lowest BCUT2D eigenvalue weighted by Gasteiger charge is -2.72. The summed E-state index contributed by atoms with van der Waals surface area (Å²) in [6, 6.07) is 0. The Labute approximate surface area is 337 Å².